The molecule has 1 saturated heterocycles. The van der Waals surface area contributed by atoms with Crippen LogP contribution in [0.1, 0.15) is 11.3 Å². The second kappa shape index (κ2) is 10.3. The molecule has 2 aromatic carbocycles. The zero-order valence-electron chi connectivity index (χ0n) is 19.7. The Labute approximate surface area is 203 Å². The van der Waals surface area contributed by atoms with Crippen LogP contribution in [0.25, 0.3) is 0 Å². The second-order valence-electron chi connectivity index (χ2n) is 8.77. The monoisotopic (exact) mass is 477 g/mol. The van der Waals surface area contributed by atoms with Crippen molar-refractivity contribution in [3.63, 3.8) is 0 Å². The zero-order valence-corrected chi connectivity index (χ0v) is 19.7. The molecule has 0 saturated carbocycles. The summed E-state index contributed by atoms with van der Waals surface area (Å²) in [6.45, 7) is 4.25. The predicted molar refractivity (Wildman–Crippen MR) is 129 cm³/mol. The van der Waals surface area contributed by atoms with E-state index in [-0.39, 0.29) is 18.3 Å². The van der Waals surface area contributed by atoms with Crippen molar-refractivity contribution in [3.05, 3.63) is 71.7 Å². The molecular formula is C26H28FN5O3. The largest absolute Gasteiger partial charge is 0.484 e. The molecule has 0 N–H and O–H groups in total. The van der Waals surface area contributed by atoms with E-state index in [9.17, 15) is 9.18 Å². The highest BCUT2D eigenvalue weighted by molar-refractivity contribution is 5.78. The van der Waals surface area contributed by atoms with E-state index in [1.54, 1.807) is 17.0 Å². The van der Waals surface area contributed by atoms with Crippen molar-refractivity contribution >= 4 is 11.9 Å². The van der Waals surface area contributed by atoms with E-state index < -0.39 is 0 Å². The molecule has 0 spiro atoms. The third-order valence-corrected chi connectivity index (χ3v) is 6.27. The quantitative estimate of drug-likeness (QED) is 0.540. The lowest BCUT2D eigenvalue weighted by Crippen LogP contribution is -2.45. The lowest BCUT2D eigenvalue weighted by atomic mass is 10.1. The minimum Gasteiger partial charge on any atom is -0.484 e. The minimum absolute atomic E-state index is 0.0559. The number of anilines is 1. The number of likely N-dealkylation sites (N-methyl/N-ethyl adjacent to an activating group) is 1. The highest BCUT2D eigenvalue weighted by atomic mass is 19.1. The average Bonchev–Trinajstić information content (AvgIpc) is 2.88. The maximum absolute atomic E-state index is 13.8. The first kappa shape index (κ1) is 23.0. The molecule has 182 valence electrons. The molecule has 3 heterocycles. The number of rotatable bonds is 6. The zero-order chi connectivity index (χ0) is 24.2. The summed E-state index contributed by atoms with van der Waals surface area (Å²) in [5, 5.41) is 0. The number of carbonyl (C=O) groups excluding carboxylic acids is 1. The number of hydrogen-bond donors (Lipinski definition) is 0. The minimum atomic E-state index is -0.389. The summed E-state index contributed by atoms with van der Waals surface area (Å²) >= 11 is 0. The van der Waals surface area contributed by atoms with Crippen molar-refractivity contribution in [1.29, 1.82) is 0 Å². The van der Waals surface area contributed by atoms with Gasteiger partial charge in [-0.25, -0.2) is 9.37 Å². The Bertz CT molecular complexity index is 1180. The first-order valence-electron chi connectivity index (χ1n) is 11.8. The van der Waals surface area contributed by atoms with E-state index in [0.29, 0.717) is 42.8 Å². The Kier molecular flexibility index (Phi) is 6.76. The molecule has 5 rings (SSSR count). The van der Waals surface area contributed by atoms with Gasteiger partial charge in [0, 0.05) is 45.2 Å². The third kappa shape index (κ3) is 5.51. The number of aromatic nitrogens is 2. The Morgan fingerprint density at radius 2 is 1.74 bits per heavy atom. The fourth-order valence-corrected chi connectivity index (χ4v) is 4.21. The summed E-state index contributed by atoms with van der Waals surface area (Å²) in [6.07, 6.45) is 0.579. The van der Waals surface area contributed by atoms with E-state index >= 15 is 0 Å². The van der Waals surface area contributed by atoms with Crippen LogP contribution in [-0.2, 0) is 17.8 Å². The molecule has 3 aromatic rings. The van der Waals surface area contributed by atoms with Crippen molar-refractivity contribution < 1.29 is 18.7 Å². The van der Waals surface area contributed by atoms with Gasteiger partial charge in [-0.1, -0.05) is 24.3 Å². The Balaban J connectivity index is 1.38. The average molecular weight is 478 g/mol. The van der Waals surface area contributed by atoms with Crippen LogP contribution >= 0.6 is 0 Å². The van der Waals surface area contributed by atoms with Gasteiger partial charge in [-0.05, 0) is 31.3 Å². The summed E-state index contributed by atoms with van der Waals surface area (Å²) in [6, 6.07) is 15.2. The predicted octanol–water partition coefficient (Wildman–Crippen LogP) is 3.12. The van der Waals surface area contributed by atoms with Crippen LogP contribution < -0.4 is 14.4 Å². The second-order valence-corrected chi connectivity index (χ2v) is 8.77. The molecule has 2 aliphatic rings. The van der Waals surface area contributed by atoms with Gasteiger partial charge in [0.15, 0.2) is 6.61 Å². The maximum Gasteiger partial charge on any atom is 0.260 e. The third-order valence-electron chi connectivity index (χ3n) is 6.27. The van der Waals surface area contributed by atoms with Gasteiger partial charge in [0.25, 0.3) is 5.91 Å². The molecular weight excluding hydrogens is 449 g/mol. The number of ether oxygens (including phenoxy) is 2. The lowest BCUT2D eigenvalue weighted by Gasteiger charge is -2.34. The van der Waals surface area contributed by atoms with Crippen LogP contribution in [0, 0.1) is 5.82 Å². The summed E-state index contributed by atoms with van der Waals surface area (Å²) < 4.78 is 25.5. The topological polar surface area (TPSA) is 71.0 Å². The SMILES string of the molecule is CN1CCN(c2nc3c(c(Oc4cccc(F)c4)n2)CN(C(=O)COc2ccccc2)CC3)CC1. The lowest BCUT2D eigenvalue weighted by molar-refractivity contribution is -0.134. The summed E-state index contributed by atoms with van der Waals surface area (Å²) in [7, 11) is 2.09. The Morgan fingerprint density at radius 3 is 2.51 bits per heavy atom. The number of piperazine rings is 1. The molecule has 1 amide bonds. The van der Waals surface area contributed by atoms with Gasteiger partial charge < -0.3 is 24.2 Å². The Morgan fingerprint density at radius 1 is 0.971 bits per heavy atom. The summed E-state index contributed by atoms with van der Waals surface area (Å²) in [5.74, 6) is 1.45. The summed E-state index contributed by atoms with van der Waals surface area (Å²) in [5.41, 5.74) is 1.60. The normalized spacial score (nSPS) is 16.1. The van der Waals surface area contributed by atoms with Gasteiger partial charge in [0.05, 0.1) is 17.8 Å². The van der Waals surface area contributed by atoms with Crippen LogP contribution in [0.4, 0.5) is 10.3 Å². The van der Waals surface area contributed by atoms with E-state index in [1.807, 2.05) is 30.3 Å². The number of benzene rings is 2. The van der Waals surface area contributed by atoms with Crippen LogP contribution in [0.2, 0.25) is 0 Å². The smallest absolute Gasteiger partial charge is 0.260 e. The molecule has 1 aromatic heterocycles. The molecule has 0 radical (unpaired) electrons. The van der Waals surface area contributed by atoms with Gasteiger partial charge in [0.2, 0.25) is 11.8 Å². The Hall–Kier alpha value is -3.72. The number of halogens is 1. The molecule has 2 aliphatic heterocycles. The number of nitrogens with zero attached hydrogens (tertiary/aromatic N) is 5. The van der Waals surface area contributed by atoms with Gasteiger partial charge in [-0.15, -0.1) is 0 Å². The van der Waals surface area contributed by atoms with Crippen molar-refractivity contribution in [2.45, 2.75) is 13.0 Å². The van der Waals surface area contributed by atoms with Crippen LogP contribution in [0.3, 0.4) is 0 Å². The van der Waals surface area contributed by atoms with Gasteiger partial charge in [0.1, 0.15) is 17.3 Å². The molecule has 8 nitrogen and oxygen atoms in total. The van der Waals surface area contributed by atoms with Crippen molar-refractivity contribution in [2.24, 2.45) is 0 Å². The van der Waals surface area contributed by atoms with E-state index in [0.717, 1.165) is 37.4 Å². The highest BCUT2D eigenvalue weighted by Crippen LogP contribution is 2.32. The first-order valence-corrected chi connectivity index (χ1v) is 11.8. The maximum atomic E-state index is 13.8. The van der Waals surface area contributed by atoms with Crippen LogP contribution in [-0.4, -0.2) is 72.1 Å². The standard InChI is InChI=1S/C26H28FN5O3/c1-30-12-14-31(15-13-30)26-28-23-10-11-32(24(33)18-34-20-7-3-2-4-8-20)17-22(23)25(29-26)35-21-9-5-6-19(27)16-21/h2-9,16H,10-15,17-18H2,1H3. The van der Waals surface area contributed by atoms with Crippen molar-refractivity contribution in [1.82, 2.24) is 19.8 Å². The molecule has 0 unspecified atom stereocenters. The number of fused-ring (bicyclic) bond motifs is 1. The highest BCUT2D eigenvalue weighted by Gasteiger charge is 2.28. The van der Waals surface area contributed by atoms with E-state index in [2.05, 4.69) is 16.8 Å². The number of amides is 1. The van der Waals surface area contributed by atoms with Gasteiger partial charge in [-0.3, -0.25) is 4.79 Å². The summed E-state index contributed by atoms with van der Waals surface area (Å²) in [4.78, 5) is 28.6. The van der Waals surface area contributed by atoms with Gasteiger partial charge in [-0.2, -0.15) is 4.98 Å². The van der Waals surface area contributed by atoms with Crippen molar-refractivity contribution in [2.75, 3.05) is 51.3 Å². The van der Waals surface area contributed by atoms with E-state index in [1.165, 1.54) is 12.1 Å². The molecule has 0 aliphatic carbocycles. The molecule has 9 heteroatoms. The molecule has 1 fully saturated rings. The van der Waals surface area contributed by atoms with Crippen LogP contribution in [0.15, 0.2) is 54.6 Å². The van der Waals surface area contributed by atoms with E-state index in [4.69, 9.17) is 19.4 Å². The number of hydrogen-bond acceptors (Lipinski definition) is 7. The van der Waals surface area contributed by atoms with Crippen molar-refractivity contribution in [3.8, 4) is 17.4 Å². The molecule has 35 heavy (non-hydrogen) atoms. The fourth-order valence-electron chi connectivity index (χ4n) is 4.21. The molecule has 0 atom stereocenters. The van der Waals surface area contributed by atoms with Crippen LogP contribution in [0.5, 0.6) is 17.4 Å². The first-order chi connectivity index (χ1) is 17.0. The fraction of sp³-hybridized carbons (Fsp3) is 0.346. The number of carbonyl (C=O) groups is 1. The molecule has 0 bridgehead atoms. The number of para-hydroxylation sites is 1. The van der Waals surface area contributed by atoms with Gasteiger partial charge >= 0.3 is 0 Å².